The Hall–Kier alpha value is -3.60. The summed E-state index contributed by atoms with van der Waals surface area (Å²) in [6, 6.07) is 23.6. The molecule has 5 heteroatoms. The van der Waals surface area contributed by atoms with Gasteiger partial charge in [-0.3, -0.25) is 4.79 Å². The van der Waals surface area contributed by atoms with Crippen LogP contribution in [0.15, 0.2) is 84.0 Å². The van der Waals surface area contributed by atoms with Crippen molar-refractivity contribution < 1.29 is 14.6 Å². The third-order valence-electron chi connectivity index (χ3n) is 3.67. The standard InChI is InChI=1S/C21H18N2O3/c24-19-12-6-5-11-18(19)21(25)23-22-14-17-10-4-7-13-20(17)26-15-16-8-2-1-3-9-16/h1-14,24H,15H2,(H,23,25). The van der Waals surface area contributed by atoms with Crippen LogP contribution in [-0.2, 0) is 6.61 Å². The molecule has 0 saturated carbocycles. The fourth-order valence-corrected chi connectivity index (χ4v) is 2.34. The van der Waals surface area contributed by atoms with E-state index in [9.17, 15) is 9.90 Å². The van der Waals surface area contributed by atoms with E-state index < -0.39 is 5.91 Å². The van der Waals surface area contributed by atoms with Gasteiger partial charge in [-0.15, -0.1) is 0 Å². The Labute approximate surface area is 151 Å². The molecule has 2 N–H and O–H groups in total. The highest BCUT2D eigenvalue weighted by atomic mass is 16.5. The topological polar surface area (TPSA) is 70.9 Å². The predicted molar refractivity (Wildman–Crippen MR) is 100 cm³/mol. The first-order valence-corrected chi connectivity index (χ1v) is 8.11. The normalized spacial score (nSPS) is 10.6. The Balaban J connectivity index is 1.65. The van der Waals surface area contributed by atoms with Gasteiger partial charge in [0.15, 0.2) is 0 Å². The van der Waals surface area contributed by atoms with Crippen LogP contribution in [-0.4, -0.2) is 17.2 Å². The maximum absolute atomic E-state index is 12.0. The van der Waals surface area contributed by atoms with Gasteiger partial charge in [-0.05, 0) is 29.8 Å². The minimum atomic E-state index is -0.484. The van der Waals surface area contributed by atoms with Crippen molar-refractivity contribution in [2.45, 2.75) is 6.61 Å². The van der Waals surface area contributed by atoms with Gasteiger partial charge >= 0.3 is 0 Å². The van der Waals surface area contributed by atoms with Gasteiger partial charge < -0.3 is 9.84 Å². The summed E-state index contributed by atoms with van der Waals surface area (Å²) in [6.07, 6.45) is 1.51. The maximum Gasteiger partial charge on any atom is 0.275 e. The maximum atomic E-state index is 12.0. The van der Waals surface area contributed by atoms with E-state index in [1.807, 2.05) is 54.6 Å². The Kier molecular flexibility index (Phi) is 5.62. The molecule has 0 atom stereocenters. The summed E-state index contributed by atoms with van der Waals surface area (Å²) < 4.78 is 5.84. The smallest absolute Gasteiger partial charge is 0.275 e. The molecule has 0 aromatic heterocycles. The third kappa shape index (κ3) is 4.48. The number of phenols is 1. The van der Waals surface area contributed by atoms with Gasteiger partial charge in [-0.1, -0.05) is 54.6 Å². The number of rotatable bonds is 6. The lowest BCUT2D eigenvalue weighted by atomic mass is 10.2. The van der Waals surface area contributed by atoms with Crippen molar-refractivity contribution in [2.24, 2.45) is 5.10 Å². The summed E-state index contributed by atoms with van der Waals surface area (Å²) >= 11 is 0. The van der Waals surface area contributed by atoms with Crippen LogP contribution >= 0.6 is 0 Å². The van der Waals surface area contributed by atoms with E-state index in [-0.39, 0.29) is 11.3 Å². The van der Waals surface area contributed by atoms with Crippen LogP contribution in [0.1, 0.15) is 21.5 Å². The fraction of sp³-hybridized carbons (Fsp3) is 0.0476. The number of carbonyl (C=O) groups excluding carboxylic acids is 1. The number of ether oxygens (including phenoxy) is 1. The van der Waals surface area contributed by atoms with Crippen molar-refractivity contribution in [3.05, 3.63) is 95.6 Å². The molecule has 5 nitrogen and oxygen atoms in total. The van der Waals surface area contributed by atoms with E-state index in [4.69, 9.17) is 4.74 Å². The average molecular weight is 346 g/mol. The highest BCUT2D eigenvalue weighted by Gasteiger charge is 2.08. The molecular formula is C21H18N2O3. The van der Waals surface area contributed by atoms with E-state index in [0.717, 1.165) is 11.1 Å². The molecule has 130 valence electrons. The van der Waals surface area contributed by atoms with Crippen molar-refractivity contribution in [1.29, 1.82) is 0 Å². The van der Waals surface area contributed by atoms with Crippen LogP contribution in [0, 0.1) is 0 Å². The summed E-state index contributed by atoms with van der Waals surface area (Å²) in [6.45, 7) is 0.440. The number of amides is 1. The monoisotopic (exact) mass is 346 g/mol. The Bertz CT molecular complexity index is 908. The molecule has 0 spiro atoms. The number of nitrogens with zero attached hydrogens (tertiary/aromatic N) is 1. The first-order valence-electron chi connectivity index (χ1n) is 8.11. The SMILES string of the molecule is O=C(NN=Cc1ccccc1OCc1ccccc1)c1ccccc1O. The highest BCUT2D eigenvalue weighted by Crippen LogP contribution is 2.18. The molecule has 26 heavy (non-hydrogen) atoms. The molecule has 3 rings (SSSR count). The zero-order chi connectivity index (χ0) is 18.2. The van der Waals surface area contributed by atoms with Crippen LogP contribution in [0.2, 0.25) is 0 Å². The molecule has 0 bridgehead atoms. The van der Waals surface area contributed by atoms with Crippen LogP contribution in [0.3, 0.4) is 0 Å². The van der Waals surface area contributed by atoms with Gasteiger partial charge in [0.1, 0.15) is 18.1 Å². The number of hydrazone groups is 1. The largest absolute Gasteiger partial charge is 0.507 e. The summed E-state index contributed by atoms with van der Waals surface area (Å²) in [7, 11) is 0. The average Bonchev–Trinajstić information content (AvgIpc) is 2.68. The second-order valence-electron chi connectivity index (χ2n) is 5.53. The summed E-state index contributed by atoms with van der Waals surface area (Å²) in [4.78, 5) is 12.0. The molecule has 0 aliphatic heterocycles. The van der Waals surface area contributed by atoms with Gasteiger partial charge in [0.2, 0.25) is 0 Å². The predicted octanol–water partition coefficient (Wildman–Crippen LogP) is 3.74. The molecule has 3 aromatic carbocycles. The number of carbonyl (C=O) groups is 1. The van der Waals surface area contributed by atoms with Crippen molar-refractivity contribution in [3.63, 3.8) is 0 Å². The number of phenolic OH excluding ortho intramolecular Hbond substituents is 1. The van der Waals surface area contributed by atoms with Crippen molar-refractivity contribution >= 4 is 12.1 Å². The Morgan fingerprint density at radius 1 is 0.962 bits per heavy atom. The molecule has 0 heterocycles. The first kappa shape index (κ1) is 17.2. The van der Waals surface area contributed by atoms with E-state index >= 15 is 0 Å². The van der Waals surface area contributed by atoms with Gasteiger partial charge in [-0.25, -0.2) is 5.43 Å². The fourth-order valence-electron chi connectivity index (χ4n) is 2.34. The van der Waals surface area contributed by atoms with Crippen molar-refractivity contribution in [1.82, 2.24) is 5.43 Å². The molecule has 0 aliphatic rings. The summed E-state index contributed by atoms with van der Waals surface area (Å²) in [5.41, 5.74) is 4.37. The minimum absolute atomic E-state index is 0.0909. The Morgan fingerprint density at radius 3 is 2.46 bits per heavy atom. The molecule has 0 unspecified atom stereocenters. The number of nitrogens with one attached hydrogen (secondary N) is 1. The lowest BCUT2D eigenvalue weighted by Crippen LogP contribution is -2.17. The second kappa shape index (κ2) is 8.48. The molecule has 3 aromatic rings. The van der Waals surface area contributed by atoms with E-state index in [1.54, 1.807) is 12.1 Å². The minimum Gasteiger partial charge on any atom is -0.507 e. The number of para-hydroxylation sites is 2. The third-order valence-corrected chi connectivity index (χ3v) is 3.67. The number of hydrogen-bond acceptors (Lipinski definition) is 4. The molecule has 0 fully saturated rings. The quantitative estimate of drug-likeness (QED) is 0.528. The molecule has 0 saturated heterocycles. The lowest BCUT2D eigenvalue weighted by molar-refractivity contribution is 0.0952. The lowest BCUT2D eigenvalue weighted by Gasteiger charge is -2.09. The van der Waals surface area contributed by atoms with E-state index in [1.165, 1.54) is 18.3 Å². The van der Waals surface area contributed by atoms with Gasteiger partial charge in [-0.2, -0.15) is 5.10 Å². The zero-order valence-corrected chi connectivity index (χ0v) is 14.0. The van der Waals surface area contributed by atoms with Gasteiger partial charge in [0, 0.05) is 5.56 Å². The van der Waals surface area contributed by atoms with Gasteiger partial charge in [0.25, 0.3) is 5.91 Å². The van der Waals surface area contributed by atoms with Crippen molar-refractivity contribution in [2.75, 3.05) is 0 Å². The van der Waals surface area contributed by atoms with Crippen LogP contribution in [0.5, 0.6) is 11.5 Å². The van der Waals surface area contributed by atoms with E-state index in [2.05, 4.69) is 10.5 Å². The van der Waals surface area contributed by atoms with Crippen LogP contribution < -0.4 is 10.2 Å². The number of hydrogen-bond donors (Lipinski definition) is 2. The number of aromatic hydroxyl groups is 1. The molecule has 0 radical (unpaired) electrons. The second-order valence-corrected chi connectivity index (χ2v) is 5.53. The summed E-state index contributed by atoms with van der Waals surface area (Å²) in [5.74, 6) is 0.0886. The van der Waals surface area contributed by atoms with Crippen LogP contribution in [0.4, 0.5) is 0 Å². The summed E-state index contributed by atoms with van der Waals surface area (Å²) in [5, 5.41) is 13.6. The Morgan fingerprint density at radius 2 is 1.65 bits per heavy atom. The molecule has 1 amide bonds. The van der Waals surface area contributed by atoms with E-state index in [0.29, 0.717) is 12.4 Å². The van der Waals surface area contributed by atoms with Crippen LogP contribution in [0.25, 0.3) is 0 Å². The van der Waals surface area contributed by atoms with Gasteiger partial charge in [0.05, 0.1) is 11.8 Å². The molecular weight excluding hydrogens is 328 g/mol. The highest BCUT2D eigenvalue weighted by molar-refractivity contribution is 5.97. The van der Waals surface area contributed by atoms with Crippen molar-refractivity contribution in [3.8, 4) is 11.5 Å². The first-order chi connectivity index (χ1) is 12.7. The number of benzene rings is 3. The zero-order valence-electron chi connectivity index (χ0n) is 14.0. The molecule has 0 aliphatic carbocycles.